The number of aromatic nitrogens is 2. The summed E-state index contributed by atoms with van der Waals surface area (Å²) < 4.78 is 12.4. The second-order valence-corrected chi connectivity index (χ2v) is 7.69. The van der Waals surface area contributed by atoms with E-state index in [9.17, 15) is 9.59 Å². The maximum atomic E-state index is 13.0. The molecule has 3 aromatic carbocycles. The van der Waals surface area contributed by atoms with E-state index in [1.54, 1.807) is 31.2 Å². The minimum Gasteiger partial charge on any atom is -0.493 e. The Balaban J connectivity index is 1.46. The first kappa shape index (κ1) is 23.6. The van der Waals surface area contributed by atoms with Crippen LogP contribution in [0.3, 0.4) is 0 Å². The van der Waals surface area contributed by atoms with Gasteiger partial charge in [-0.05, 0) is 30.2 Å². The van der Waals surface area contributed by atoms with E-state index in [4.69, 9.17) is 9.47 Å². The summed E-state index contributed by atoms with van der Waals surface area (Å²) >= 11 is 0. The number of nitrogens with zero attached hydrogens (tertiary/aromatic N) is 2. The summed E-state index contributed by atoms with van der Waals surface area (Å²) in [7, 11) is 3.12. The molecule has 4 rings (SSSR count). The van der Waals surface area contributed by atoms with Crippen LogP contribution in [0.1, 0.15) is 22.3 Å². The number of hydrogen-bond donors (Lipinski definition) is 2. The summed E-state index contributed by atoms with van der Waals surface area (Å²) in [5, 5.41) is 4.63. The molecular formula is C27H26N4O4. The van der Waals surface area contributed by atoms with Gasteiger partial charge in [0, 0.05) is 18.2 Å². The predicted octanol–water partition coefficient (Wildman–Crippen LogP) is 3.95. The van der Waals surface area contributed by atoms with E-state index >= 15 is 0 Å². The summed E-state index contributed by atoms with van der Waals surface area (Å²) in [6.07, 6.45) is 2.22. The van der Waals surface area contributed by atoms with Gasteiger partial charge in [-0.25, -0.2) is 4.68 Å². The van der Waals surface area contributed by atoms with Crippen LogP contribution in [0.25, 0.3) is 16.9 Å². The molecule has 1 aromatic heterocycles. The number of carbonyl (C=O) groups excluding carboxylic acids is 2. The van der Waals surface area contributed by atoms with E-state index in [2.05, 4.69) is 16.0 Å². The van der Waals surface area contributed by atoms with Crippen LogP contribution in [-0.2, 0) is 11.2 Å². The lowest BCUT2D eigenvalue weighted by atomic mass is 10.1. The van der Waals surface area contributed by atoms with Crippen molar-refractivity contribution in [2.24, 2.45) is 0 Å². The first-order valence-electron chi connectivity index (χ1n) is 11.1. The summed E-state index contributed by atoms with van der Waals surface area (Å²) in [4.78, 5) is 25.5. The molecule has 0 saturated carbocycles. The standard InChI is InChI=1S/C27H26N4O4/c1-34-23-15-9-12-20(26(23)35-2)16-17-24(32)28-29-27(33)22-18-31(21-13-7-4-8-14-21)30-25(22)19-10-5-3-6-11-19/h3-15,18H,16-17H2,1-2H3,(H,28,32)(H,29,33). The average molecular weight is 471 g/mol. The van der Waals surface area contributed by atoms with Crippen molar-refractivity contribution >= 4 is 11.8 Å². The molecule has 0 atom stereocenters. The minimum absolute atomic E-state index is 0.151. The van der Waals surface area contributed by atoms with Crippen LogP contribution in [0.2, 0.25) is 0 Å². The lowest BCUT2D eigenvalue weighted by Crippen LogP contribution is -2.41. The fraction of sp³-hybridized carbons (Fsp3) is 0.148. The largest absolute Gasteiger partial charge is 0.493 e. The van der Waals surface area contributed by atoms with Crippen LogP contribution in [0.5, 0.6) is 11.5 Å². The van der Waals surface area contributed by atoms with Crippen molar-refractivity contribution in [1.82, 2.24) is 20.6 Å². The number of carbonyl (C=O) groups is 2. The van der Waals surface area contributed by atoms with Crippen molar-refractivity contribution in [3.63, 3.8) is 0 Å². The third-order valence-electron chi connectivity index (χ3n) is 5.45. The molecule has 0 unspecified atom stereocenters. The molecule has 1 heterocycles. The van der Waals surface area contributed by atoms with Crippen molar-refractivity contribution in [3.05, 3.63) is 96.2 Å². The first-order valence-corrected chi connectivity index (χ1v) is 11.1. The Bertz CT molecular complexity index is 1300. The molecule has 178 valence electrons. The molecule has 0 aliphatic carbocycles. The summed E-state index contributed by atoms with van der Waals surface area (Å²) in [6.45, 7) is 0. The smallest absolute Gasteiger partial charge is 0.273 e. The van der Waals surface area contributed by atoms with Gasteiger partial charge in [-0.2, -0.15) is 5.10 Å². The van der Waals surface area contributed by atoms with E-state index in [0.29, 0.717) is 29.2 Å². The fourth-order valence-corrected chi connectivity index (χ4v) is 3.72. The molecule has 8 nitrogen and oxygen atoms in total. The molecule has 2 amide bonds. The maximum absolute atomic E-state index is 13.0. The second kappa shape index (κ2) is 11.0. The highest BCUT2D eigenvalue weighted by molar-refractivity contribution is 6.00. The molecule has 2 N–H and O–H groups in total. The highest BCUT2D eigenvalue weighted by atomic mass is 16.5. The van der Waals surface area contributed by atoms with Crippen LogP contribution in [0.15, 0.2) is 85.1 Å². The third kappa shape index (κ3) is 5.50. The molecule has 0 fully saturated rings. The van der Waals surface area contributed by atoms with E-state index in [1.165, 1.54) is 0 Å². The molecule has 0 radical (unpaired) electrons. The summed E-state index contributed by atoms with van der Waals surface area (Å²) in [5.41, 5.74) is 8.32. The number of hydrazine groups is 1. The molecule has 0 aliphatic rings. The molecular weight excluding hydrogens is 444 g/mol. The number of para-hydroxylation sites is 2. The Hall–Kier alpha value is -4.59. The maximum Gasteiger partial charge on any atom is 0.273 e. The quantitative estimate of drug-likeness (QED) is 0.380. The van der Waals surface area contributed by atoms with E-state index < -0.39 is 5.91 Å². The Morgan fingerprint density at radius 3 is 2.26 bits per heavy atom. The zero-order valence-corrected chi connectivity index (χ0v) is 19.5. The molecule has 0 bridgehead atoms. The first-order chi connectivity index (χ1) is 17.1. The van der Waals surface area contributed by atoms with Crippen LogP contribution >= 0.6 is 0 Å². The molecule has 0 aliphatic heterocycles. The van der Waals surface area contributed by atoms with Gasteiger partial charge in [-0.15, -0.1) is 0 Å². The van der Waals surface area contributed by atoms with E-state index in [-0.39, 0.29) is 12.3 Å². The Morgan fingerprint density at radius 2 is 1.57 bits per heavy atom. The topological polar surface area (TPSA) is 94.5 Å². The lowest BCUT2D eigenvalue weighted by molar-refractivity contribution is -0.121. The zero-order valence-electron chi connectivity index (χ0n) is 19.5. The van der Waals surface area contributed by atoms with Gasteiger partial charge < -0.3 is 9.47 Å². The second-order valence-electron chi connectivity index (χ2n) is 7.69. The fourth-order valence-electron chi connectivity index (χ4n) is 3.72. The Kier molecular flexibility index (Phi) is 7.42. The van der Waals surface area contributed by atoms with E-state index in [0.717, 1.165) is 16.8 Å². The molecule has 8 heteroatoms. The zero-order chi connectivity index (χ0) is 24.6. The van der Waals surface area contributed by atoms with Crippen LogP contribution in [0.4, 0.5) is 0 Å². The van der Waals surface area contributed by atoms with Crippen LogP contribution in [0, 0.1) is 0 Å². The van der Waals surface area contributed by atoms with Crippen molar-refractivity contribution < 1.29 is 19.1 Å². The van der Waals surface area contributed by atoms with Gasteiger partial charge in [-0.1, -0.05) is 60.7 Å². The molecule has 0 saturated heterocycles. The Morgan fingerprint density at radius 1 is 0.857 bits per heavy atom. The third-order valence-corrected chi connectivity index (χ3v) is 5.45. The Labute approximate surface area is 203 Å². The van der Waals surface area contributed by atoms with Gasteiger partial charge in [0.1, 0.15) is 5.69 Å². The minimum atomic E-state index is -0.460. The van der Waals surface area contributed by atoms with Crippen LogP contribution in [-0.4, -0.2) is 35.8 Å². The lowest BCUT2D eigenvalue weighted by Gasteiger charge is -2.12. The van der Waals surface area contributed by atoms with Crippen LogP contribution < -0.4 is 20.3 Å². The summed E-state index contributed by atoms with van der Waals surface area (Å²) in [5.74, 6) is 0.397. The highest BCUT2D eigenvalue weighted by Gasteiger charge is 2.19. The van der Waals surface area contributed by atoms with Gasteiger partial charge in [0.15, 0.2) is 11.5 Å². The number of benzene rings is 3. The number of ether oxygens (including phenoxy) is 2. The number of aryl methyl sites for hydroxylation is 1. The van der Waals surface area contributed by atoms with Crippen molar-refractivity contribution in [3.8, 4) is 28.4 Å². The average Bonchev–Trinajstić information content (AvgIpc) is 3.37. The highest BCUT2D eigenvalue weighted by Crippen LogP contribution is 2.31. The van der Waals surface area contributed by atoms with Crippen molar-refractivity contribution in [1.29, 1.82) is 0 Å². The van der Waals surface area contributed by atoms with Gasteiger partial charge in [0.05, 0.1) is 25.5 Å². The van der Waals surface area contributed by atoms with Crippen molar-refractivity contribution in [2.45, 2.75) is 12.8 Å². The monoisotopic (exact) mass is 470 g/mol. The van der Waals surface area contributed by atoms with Gasteiger partial charge >= 0.3 is 0 Å². The van der Waals surface area contributed by atoms with Crippen molar-refractivity contribution in [2.75, 3.05) is 14.2 Å². The number of hydrogen-bond acceptors (Lipinski definition) is 5. The summed E-state index contributed by atoms with van der Waals surface area (Å²) in [6, 6.07) is 24.4. The predicted molar refractivity (Wildman–Crippen MR) is 132 cm³/mol. The van der Waals surface area contributed by atoms with Gasteiger partial charge in [-0.3, -0.25) is 20.4 Å². The number of amides is 2. The normalized spacial score (nSPS) is 10.5. The molecule has 4 aromatic rings. The van der Waals surface area contributed by atoms with E-state index in [1.807, 2.05) is 72.8 Å². The number of nitrogens with one attached hydrogen (secondary N) is 2. The number of methoxy groups -OCH3 is 2. The van der Waals surface area contributed by atoms with Gasteiger partial charge in [0.2, 0.25) is 5.91 Å². The van der Waals surface area contributed by atoms with Gasteiger partial charge in [0.25, 0.3) is 5.91 Å². The SMILES string of the molecule is COc1cccc(CCC(=O)NNC(=O)c2cn(-c3ccccc3)nc2-c2ccccc2)c1OC. The molecule has 0 spiro atoms. The number of rotatable bonds is 8. The molecule has 35 heavy (non-hydrogen) atoms.